The van der Waals surface area contributed by atoms with Crippen LogP contribution in [0.4, 0.5) is 11.4 Å². The van der Waals surface area contributed by atoms with E-state index in [0.717, 1.165) is 24.5 Å². The van der Waals surface area contributed by atoms with Crippen molar-refractivity contribution in [3.05, 3.63) is 23.8 Å². The van der Waals surface area contributed by atoms with Gasteiger partial charge in [0, 0.05) is 19.1 Å². The van der Waals surface area contributed by atoms with Crippen LogP contribution >= 0.6 is 0 Å². The Labute approximate surface area is 94.9 Å². The van der Waals surface area contributed by atoms with Crippen LogP contribution in [0, 0.1) is 0 Å². The Balaban J connectivity index is 2.50. The standard InChI is InChI=1S/C12H16N2O2/c1-8(2)14-7-6-13-11-9(12(15)16)4-3-5-10(11)14/h3-5,8,13H,6-7H2,1-2H3,(H,15,16). The Morgan fingerprint density at radius 1 is 1.50 bits per heavy atom. The summed E-state index contributed by atoms with van der Waals surface area (Å²) in [5.74, 6) is -0.880. The summed E-state index contributed by atoms with van der Waals surface area (Å²) in [5.41, 5.74) is 2.08. The normalized spacial score (nSPS) is 14.6. The third kappa shape index (κ3) is 1.71. The van der Waals surface area contributed by atoms with E-state index in [2.05, 4.69) is 24.1 Å². The zero-order valence-corrected chi connectivity index (χ0v) is 9.53. The van der Waals surface area contributed by atoms with E-state index in [0.29, 0.717) is 11.6 Å². The molecule has 0 amide bonds. The van der Waals surface area contributed by atoms with Crippen LogP contribution in [0.15, 0.2) is 18.2 Å². The Bertz CT molecular complexity index is 415. The molecule has 1 aromatic rings. The SMILES string of the molecule is CC(C)N1CCNc2c(C(=O)O)cccc21. The van der Waals surface area contributed by atoms with Gasteiger partial charge in [-0.1, -0.05) is 6.07 Å². The van der Waals surface area contributed by atoms with Crippen LogP contribution in [-0.4, -0.2) is 30.2 Å². The fourth-order valence-corrected chi connectivity index (χ4v) is 2.10. The summed E-state index contributed by atoms with van der Waals surface area (Å²) in [5, 5.41) is 12.3. The van der Waals surface area contributed by atoms with Crippen molar-refractivity contribution in [2.45, 2.75) is 19.9 Å². The maximum Gasteiger partial charge on any atom is 0.337 e. The average Bonchev–Trinajstić information content (AvgIpc) is 2.27. The predicted molar refractivity (Wildman–Crippen MR) is 64.4 cm³/mol. The Morgan fingerprint density at radius 3 is 2.88 bits per heavy atom. The topological polar surface area (TPSA) is 52.6 Å². The van der Waals surface area contributed by atoms with Gasteiger partial charge in [-0.15, -0.1) is 0 Å². The molecule has 0 radical (unpaired) electrons. The van der Waals surface area contributed by atoms with Crippen molar-refractivity contribution in [1.29, 1.82) is 0 Å². The van der Waals surface area contributed by atoms with E-state index in [1.54, 1.807) is 12.1 Å². The highest BCUT2D eigenvalue weighted by Crippen LogP contribution is 2.33. The maximum atomic E-state index is 11.1. The zero-order chi connectivity index (χ0) is 11.7. The number of anilines is 2. The second kappa shape index (κ2) is 4.04. The molecule has 1 aliphatic rings. The fourth-order valence-electron chi connectivity index (χ4n) is 2.10. The largest absolute Gasteiger partial charge is 0.478 e. The van der Waals surface area contributed by atoms with E-state index < -0.39 is 5.97 Å². The lowest BCUT2D eigenvalue weighted by atomic mass is 10.1. The van der Waals surface area contributed by atoms with Crippen LogP contribution in [0.3, 0.4) is 0 Å². The molecule has 16 heavy (non-hydrogen) atoms. The van der Waals surface area contributed by atoms with Gasteiger partial charge in [-0.05, 0) is 26.0 Å². The van der Waals surface area contributed by atoms with Crippen molar-refractivity contribution in [1.82, 2.24) is 0 Å². The first-order valence-electron chi connectivity index (χ1n) is 5.48. The quantitative estimate of drug-likeness (QED) is 0.800. The second-order valence-corrected chi connectivity index (χ2v) is 4.22. The number of nitrogens with one attached hydrogen (secondary N) is 1. The van der Waals surface area contributed by atoms with E-state index in [1.165, 1.54) is 0 Å². The average molecular weight is 220 g/mol. The number of para-hydroxylation sites is 1. The van der Waals surface area contributed by atoms with E-state index in [4.69, 9.17) is 5.11 Å². The summed E-state index contributed by atoms with van der Waals surface area (Å²) in [6.07, 6.45) is 0. The molecule has 0 saturated heterocycles. The molecule has 2 rings (SSSR count). The molecule has 2 N–H and O–H groups in total. The molecule has 0 aromatic heterocycles. The van der Waals surface area contributed by atoms with Crippen molar-refractivity contribution in [2.75, 3.05) is 23.3 Å². The number of hydrogen-bond donors (Lipinski definition) is 2. The van der Waals surface area contributed by atoms with Crippen molar-refractivity contribution >= 4 is 17.3 Å². The van der Waals surface area contributed by atoms with Gasteiger partial charge in [-0.3, -0.25) is 0 Å². The Kier molecular flexibility index (Phi) is 2.73. The minimum Gasteiger partial charge on any atom is -0.478 e. The van der Waals surface area contributed by atoms with E-state index in [9.17, 15) is 4.79 Å². The van der Waals surface area contributed by atoms with Crippen LogP contribution in [0.1, 0.15) is 24.2 Å². The van der Waals surface area contributed by atoms with Gasteiger partial charge in [0.15, 0.2) is 0 Å². The number of carboxylic acids is 1. The van der Waals surface area contributed by atoms with Crippen LogP contribution in [-0.2, 0) is 0 Å². The Hall–Kier alpha value is -1.71. The summed E-state index contributed by atoms with van der Waals surface area (Å²) >= 11 is 0. The van der Waals surface area contributed by atoms with Crippen molar-refractivity contribution < 1.29 is 9.90 Å². The lowest BCUT2D eigenvalue weighted by Gasteiger charge is -2.35. The van der Waals surface area contributed by atoms with Gasteiger partial charge in [-0.25, -0.2) is 4.79 Å². The highest BCUT2D eigenvalue weighted by molar-refractivity contribution is 5.98. The van der Waals surface area contributed by atoms with Crippen molar-refractivity contribution in [3.8, 4) is 0 Å². The molecule has 0 aliphatic carbocycles. The predicted octanol–water partition coefficient (Wildman–Crippen LogP) is 2.03. The van der Waals surface area contributed by atoms with Crippen molar-refractivity contribution in [3.63, 3.8) is 0 Å². The molecular weight excluding hydrogens is 204 g/mol. The second-order valence-electron chi connectivity index (χ2n) is 4.22. The number of fused-ring (bicyclic) bond motifs is 1. The van der Waals surface area contributed by atoms with Gasteiger partial charge in [0.25, 0.3) is 0 Å². The van der Waals surface area contributed by atoms with E-state index in [-0.39, 0.29) is 0 Å². The van der Waals surface area contributed by atoms with Crippen LogP contribution in [0.5, 0.6) is 0 Å². The molecule has 1 aromatic carbocycles. The molecular formula is C12H16N2O2. The summed E-state index contributed by atoms with van der Waals surface area (Å²) in [7, 11) is 0. The maximum absolute atomic E-state index is 11.1. The van der Waals surface area contributed by atoms with Crippen LogP contribution < -0.4 is 10.2 Å². The van der Waals surface area contributed by atoms with E-state index in [1.807, 2.05) is 6.07 Å². The summed E-state index contributed by atoms with van der Waals surface area (Å²) in [6.45, 7) is 5.92. The van der Waals surface area contributed by atoms with Gasteiger partial charge in [-0.2, -0.15) is 0 Å². The molecule has 1 heterocycles. The minimum atomic E-state index is -0.880. The molecule has 0 saturated carbocycles. The number of carbonyl (C=O) groups is 1. The molecule has 4 nitrogen and oxygen atoms in total. The van der Waals surface area contributed by atoms with Gasteiger partial charge in [0.2, 0.25) is 0 Å². The fraction of sp³-hybridized carbons (Fsp3) is 0.417. The van der Waals surface area contributed by atoms with E-state index >= 15 is 0 Å². The summed E-state index contributed by atoms with van der Waals surface area (Å²) in [4.78, 5) is 13.3. The minimum absolute atomic E-state index is 0.350. The van der Waals surface area contributed by atoms with Crippen LogP contribution in [0.2, 0.25) is 0 Å². The molecule has 0 fully saturated rings. The van der Waals surface area contributed by atoms with Crippen LogP contribution in [0.25, 0.3) is 0 Å². The summed E-state index contributed by atoms with van der Waals surface area (Å²) < 4.78 is 0. The number of benzene rings is 1. The first-order chi connectivity index (χ1) is 7.61. The van der Waals surface area contributed by atoms with Gasteiger partial charge in [0.05, 0.1) is 16.9 Å². The number of aromatic carboxylic acids is 1. The number of nitrogens with zero attached hydrogens (tertiary/aromatic N) is 1. The molecule has 4 heteroatoms. The first kappa shape index (κ1) is 10.8. The van der Waals surface area contributed by atoms with Crippen molar-refractivity contribution in [2.24, 2.45) is 0 Å². The zero-order valence-electron chi connectivity index (χ0n) is 9.53. The monoisotopic (exact) mass is 220 g/mol. The smallest absolute Gasteiger partial charge is 0.337 e. The Morgan fingerprint density at radius 2 is 2.25 bits per heavy atom. The molecule has 0 atom stereocenters. The molecule has 0 bridgehead atoms. The third-order valence-electron chi connectivity index (χ3n) is 2.86. The van der Waals surface area contributed by atoms with Gasteiger partial charge < -0.3 is 15.3 Å². The molecule has 0 spiro atoms. The van der Waals surface area contributed by atoms with Gasteiger partial charge in [0.1, 0.15) is 0 Å². The number of carboxylic acid groups (broad SMARTS) is 1. The number of rotatable bonds is 2. The molecule has 1 aliphatic heterocycles. The molecule has 86 valence electrons. The highest BCUT2D eigenvalue weighted by atomic mass is 16.4. The lowest BCUT2D eigenvalue weighted by Crippen LogP contribution is -2.39. The highest BCUT2D eigenvalue weighted by Gasteiger charge is 2.22. The lowest BCUT2D eigenvalue weighted by molar-refractivity contribution is 0.0698. The molecule has 0 unspecified atom stereocenters. The first-order valence-corrected chi connectivity index (χ1v) is 5.48. The third-order valence-corrected chi connectivity index (χ3v) is 2.86. The summed E-state index contributed by atoms with van der Waals surface area (Å²) in [6, 6.07) is 5.78. The van der Waals surface area contributed by atoms with Gasteiger partial charge >= 0.3 is 5.97 Å². The number of hydrogen-bond acceptors (Lipinski definition) is 3.